The molecule has 0 unspecified atom stereocenters. The molecule has 174 valence electrons. The lowest BCUT2D eigenvalue weighted by atomic mass is 9.90. The number of anilines is 3. The van der Waals surface area contributed by atoms with Crippen LogP contribution in [0.4, 0.5) is 17.6 Å². The molecule has 6 N–H and O–H groups in total. The predicted octanol–water partition coefficient (Wildman–Crippen LogP) is 3.24. The summed E-state index contributed by atoms with van der Waals surface area (Å²) >= 11 is 0. The van der Waals surface area contributed by atoms with E-state index in [4.69, 9.17) is 11.5 Å². The number of amides is 1. The van der Waals surface area contributed by atoms with Gasteiger partial charge in [-0.05, 0) is 44.7 Å². The van der Waals surface area contributed by atoms with Gasteiger partial charge in [0.15, 0.2) is 5.82 Å². The smallest absolute Gasteiger partial charge is 0.225 e. The number of nitrogens with two attached hydrogens (primary N) is 2. The third-order valence-electron chi connectivity index (χ3n) is 7.12. The fourth-order valence-corrected chi connectivity index (χ4v) is 5.15. The second-order valence-electron chi connectivity index (χ2n) is 9.46. The summed E-state index contributed by atoms with van der Waals surface area (Å²) in [6, 6.07) is 8.39. The van der Waals surface area contributed by atoms with Crippen molar-refractivity contribution in [1.82, 2.24) is 25.5 Å². The topological polar surface area (TPSA) is 139 Å². The second-order valence-corrected chi connectivity index (χ2v) is 9.46. The highest BCUT2D eigenvalue weighted by Crippen LogP contribution is 2.31. The Morgan fingerprint density at radius 2 is 1.91 bits per heavy atom. The minimum atomic E-state index is -0.0490. The summed E-state index contributed by atoms with van der Waals surface area (Å²) < 4.78 is 0. The maximum atomic E-state index is 13.0. The van der Waals surface area contributed by atoms with Crippen LogP contribution in [-0.4, -0.2) is 44.7 Å². The molecular weight excluding hydrogens is 416 g/mol. The molecule has 1 amide bonds. The highest BCUT2D eigenvalue weighted by atomic mass is 16.2. The van der Waals surface area contributed by atoms with Crippen molar-refractivity contribution in [2.45, 2.75) is 64.0 Å². The summed E-state index contributed by atoms with van der Waals surface area (Å²) in [5.41, 5.74) is 14.5. The van der Waals surface area contributed by atoms with E-state index in [0.717, 1.165) is 53.7 Å². The van der Waals surface area contributed by atoms with E-state index in [1.54, 1.807) is 0 Å². The minimum absolute atomic E-state index is 0.0490. The Kier molecular flexibility index (Phi) is 5.78. The molecule has 0 radical (unpaired) electrons. The molecule has 9 heteroatoms. The predicted molar refractivity (Wildman–Crippen MR) is 130 cm³/mol. The molecule has 1 aliphatic carbocycles. The number of hydrogen-bond donors (Lipinski definition) is 4. The highest BCUT2D eigenvalue weighted by molar-refractivity contribution is 5.91. The molecule has 2 fully saturated rings. The molecule has 2 aromatic heterocycles. The largest absolute Gasteiger partial charge is 0.382 e. The van der Waals surface area contributed by atoms with Crippen LogP contribution in [0, 0.1) is 5.92 Å². The van der Waals surface area contributed by atoms with Gasteiger partial charge in [0.1, 0.15) is 5.82 Å². The van der Waals surface area contributed by atoms with Gasteiger partial charge in [0.25, 0.3) is 0 Å². The Morgan fingerprint density at radius 1 is 1.09 bits per heavy atom. The number of piperidine rings is 1. The Bertz CT molecular complexity index is 1150. The van der Waals surface area contributed by atoms with E-state index < -0.39 is 0 Å². The van der Waals surface area contributed by atoms with Crippen LogP contribution in [0.5, 0.6) is 0 Å². The van der Waals surface area contributed by atoms with Gasteiger partial charge >= 0.3 is 0 Å². The van der Waals surface area contributed by atoms with Crippen molar-refractivity contribution in [3.8, 4) is 11.3 Å². The van der Waals surface area contributed by atoms with Crippen LogP contribution in [0.15, 0.2) is 24.3 Å². The van der Waals surface area contributed by atoms with Gasteiger partial charge in [-0.2, -0.15) is 10.1 Å². The second kappa shape index (κ2) is 8.88. The molecule has 3 aromatic rings. The van der Waals surface area contributed by atoms with Gasteiger partial charge in [-0.25, -0.2) is 4.98 Å². The Hall–Kier alpha value is -3.36. The molecule has 9 nitrogen and oxygen atoms in total. The third kappa shape index (κ3) is 4.44. The molecule has 1 aliphatic heterocycles. The van der Waals surface area contributed by atoms with E-state index in [0.29, 0.717) is 18.4 Å². The van der Waals surface area contributed by atoms with Crippen molar-refractivity contribution in [3.63, 3.8) is 0 Å². The van der Waals surface area contributed by atoms with Crippen molar-refractivity contribution >= 4 is 34.4 Å². The number of carbonyl (C=O) groups is 1. The molecule has 3 heterocycles. The monoisotopic (exact) mass is 448 g/mol. The van der Waals surface area contributed by atoms with Crippen molar-refractivity contribution in [1.29, 1.82) is 0 Å². The summed E-state index contributed by atoms with van der Waals surface area (Å²) in [5.74, 6) is 1.56. The summed E-state index contributed by atoms with van der Waals surface area (Å²) in [6.45, 7) is 2.80. The first-order valence-electron chi connectivity index (χ1n) is 11.9. The van der Waals surface area contributed by atoms with Crippen molar-refractivity contribution < 1.29 is 4.79 Å². The zero-order valence-corrected chi connectivity index (χ0v) is 19.1. The Labute approximate surface area is 193 Å². The number of fused-ring (bicyclic) bond motifs is 1. The van der Waals surface area contributed by atoms with Crippen LogP contribution in [-0.2, 0) is 4.79 Å². The third-order valence-corrected chi connectivity index (χ3v) is 7.12. The fourth-order valence-electron chi connectivity index (χ4n) is 5.15. The van der Waals surface area contributed by atoms with Crippen LogP contribution in [0.3, 0.4) is 0 Å². The number of nitrogens with zero attached hydrogens (tertiary/aromatic N) is 4. The van der Waals surface area contributed by atoms with Gasteiger partial charge in [0.05, 0.1) is 17.1 Å². The van der Waals surface area contributed by atoms with E-state index >= 15 is 0 Å². The van der Waals surface area contributed by atoms with Crippen LogP contribution in [0.1, 0.15) is 51.9 Å². The fraction of sp³-hybridized carbons (Fsp3) is 0.500. The SMILES string of the molecule is C[C@H]1CC[C@@H](C(=O)NC2CCCCC2)CN1c1cc(-c2ccc3c(N)n[nH]c3c2)nc(N)n1. The lowest BCUT2D eigenvalue weighted by Crippen LogP contribution is -2.49. The van der Waals surface area contributed by atoms with Gasteiger partial charge in [0.2, 0.25) is 11.9 Å². The van der Waals surface area contributed by atoms with Crippen molar-refractivity contribution in [2.24, 2.45) is 5.92 Å². The van der Waals surface area contributed by atoms with Gasteiger partial charge in [-0.1, -0.05) is 25.3 Å². The average Bonchev–Trinajstić information content (AvgIpc) is 3.19. The van der Waals surface area contributed by atoms with Crippen LogP contribution >= 0.6 is 0 Å². The number of hydrogen-bond acceptors (Lipinski definition) is 7. The molecular formula is C24H32N8O. The summed E-state index contributed by atoms with van der Waals surface area (Å²) in [5, 5.41) is 11.2. The van der Waals surface area contributed by atoms with Crippen molar-refractivity contribution in [3.05, 3.63) is 24.3 Å². The van der Waals surface area contributed by atoms with Gasteiger partial charge < -0.3 is 21.7 Å². The first kappa shape index (κ1) is 21.5. The van der Waals surface area contributed by atoms with E-state index in [1.807, 2.05) is 24.3 Å². The summed E-state index contributed by atoms with van der Waals surface area (Å²) in [7, 11) is 0. The molecule has 2 aliphatic rings. The van der Waals surface area contributed by atoms with E-state index in [2.05, 4.69) is 37.3 Å². The molecule has 0 spiro atoms. The highest BCUT2D eigenvalue weighted by Gasteiger charge is 2.32. The molecule has 2 atom stereocenters. The number of aromatic amines is 1. The summed E-state index contributed by atoms with van der Waals surface area (Å²) in [4.78, 5) is 24.2. The zero-order chi connectivity index (χ0) is 22.9. The first-order chi connectivity index (χ1) is 16.0. The standard InChI is InChI=1S/C24H32N8O/c1-14-7-8-16(23(33)27-17-5-3-2-4-6-17)13-32(14)21-12-19(28-24(26)29-21)15-9-10-18-20(11-15)30-31-22(18)25/h9-12,14,16-17H,2-8,13H2,1H3,(H,27,33)(H3,25,30,31)(H2,26,28,29)/t14-,16+/m0/s1. The van der Waals surface area contributed by atoms with Crippen LogP contribution in [0.2, 0.25) is 0 Å². The Balaban J connectivity index is 1.37. The van der Waals surface area contributed by atoms with E-state index in [9.17, 15) is 4.79 Å². The number of nitrogen functional groups attached to an aromatic ring is 2. The zero-order valence-electron chi connectivity index (χ0n) is 19.1. The maximum Gasteiger partial charge on any atom is 0.225 e. The van der Waals surface area contributed by atoms with Gasteiger partial charge in [-0.15, -0.1) is 0 Å². The van der Waals surface area contributed by atoms with Crippen LogP contribution in [0.25, 0.3) is 22.2 Å². The molecule has 1 aromatic carbocycles. The lowest BCUT2D eigenvalue weighted by molar-refractivity contribution is -0.126. The lowest BCUT2D eigenvalue weighted by Gasteiger charge is -2.39. The van der Waals surface area contributed by atoms with Gasteiger partial charge in [0, 0.05) is 35.6 Å². The molecule has 1 saturated carbocycles. The number of benzene rings is 1. The number of rotatable bonds is 4. The number of nitrogens with one attached hydrogen (secondary N) is 2. The summed E-state index contributed by atoms with van der Waals surface area (Å²) in [6.07, 6.45) is 7.70. The van der Waals surface area contributed by atoms with E-state index in [-0.39, 0.29) is 23.8 Å². The molecule has 33 heavy (non-hydrogen) atoms. The normalized spacial score (nSPS) is 21.9. The molecule has 5 rings (SSSR count). The molecule has 1 saturated heterocycles. The number of H-pyrrole nitrogens is 1. The maximum absolute atomic E-state index is 13.0. The van der Waals surface area contributed by atoms with Crippen molar-refractivity contribution in [2.75, 3.05) is 22.9 Å². The minimum Gasteiger partial charge on any atom is -0.382 e. The molecule has 0 bridgehead atoms. The number of aromatic nitrogens is 4. The van der Waals surface area contributed by atoms with Crippen LogP contribution < -0.4 is 21.7 Å². The first-order valence-corrected chi connectivity index (χ1v) is 11.9. The van der Waals surface area contributed by atoms with Gasteiger partial charge in [-0.3, -0.25) is 9.89 Å². The average molecular weight is 449 g/mol. The van der Waals surface area contributed by atoms with E-state index in [1.165, 1.54) is 19.3 Å². The number of carbonyl (C=O) groups excluding carboxylic acids is 1. The quantitative estimate of drug-likeness (QED) is 0.480. The Morgan fingerprint density at radius 3 is 2.73 bits per heavy atom.